The highest BCUT2D eigenvalue weighted by atomic mass is 16.7. The zero-order chi connectivity index (χ0) is 108. The van der Waals surface area contributed by atoms with Gasteiger partial charge in [-0.05, 0) is 0 Å². The van der Waals surface area contributed by atoms with Gasteiger partial charge in [0.25, 0.3) is 0 Å². The summed E-state index contributed by atoms with van der Waals surface area (Å²) in [6.45, 7) is 27.7. The van der Waals surface area contributed by atoms with Gasteiger partial charge < -0.3 is 249 Å². The molecule has 0 unspecified atom stereocenters. The van der Waals surface area contributed by atoms with E-state index in [1.165, 1.54) is 0 Å². The van der Waals surface area contributed by atoms with Crippen LogP contribution < -0.4 is 0 Å². The molecule has 1 heterocycles. The van der Waals surface area contributed by atoms with E-state index >= 15 is 0 Å². The van der Waals surface area contributed by atoms with Crippen LogP contribution in [0, 0.1) is 0 Å². The number of aliphatic hydroxyl groups excluding tert-OH is 26. The van der Waals surface area contributed by atoms with E-state index in [0.29, 0.717) is 295 Å². The van der Waals surface area contributed by atoms with Crippen LogP contribution in [0.4, 0.5) is 0 Å². The summed E-state index contributed by atoms with van der Waals surface area (Å²) in [6.07, 6.45) is -11.8. The van der Waals surface area contributed by atoms with E-state index in [-0.39, 0.29) is 156 Å². The fraction of sp³-hybridized carbons (Fsp3) is 0.964. The first-order valence-electron chi connectivity index (χ1n) is 46.8. The summed E-state index contributed by atoms with van der Waals surface area (Å²) in [6, 6.07) is 0. The van der Waals surface area contributed by atoms with Gasteiger partial charge in [-0.3, -0.25) is 34.3 Å². The van der Waals surface area contributed by atoms with Crippen LogP contribution in [0.25, 0.3) is 0 Å². The number of β-amino-alcohol motifs (C(OH)–C–C–N with tert-alkyl or cyclic N) is 1. The lowest BCUT2D eigenvalue weighted by atomic mass is 10.4. The molecule has 1 rings (SSSR count). The van der Waals surface area contributed by atoms with Crippen molar-refractivity contribution in [3.8, 4) is 0 Å². The predicted molar refractivity (Wildman–Crippen MR) is 502 cm³/mol. The third-order valence-electron chi connectivity index (χ3n) is 16.9. The summed E-state index contributed by atoms with van der Waals surface area (Å²) in [5.41, 5.74) is 2.43. The van der Waals surface area contributed by atoms with Crippen molar-refractivity contribution < 1.29 is 249 Å². The molecule has 0 radical (unpaired) electrons. The first-order chi connectivity index (χ1) is 68.9. The average Bonchev–Trinajstić information content (AvgIpc) is 0.968. The number of hydrogen-bond acceptors (Lipinski definition) is 59. The summed E-state index contributed by atoms with van der Waals surface area (Å²) in [4.78, 5) is 13.6. The molecule has 59 nitrogen and oxygen atoms in total. The SMILES string of the molecule is OC(O)N(C(O)O)C(O)O.OC=C=C1OCCN(CCO)CCO1.OCCN(C(O)O)C(O)O.OCCN(CCO)C(O)O.OCCOCCN(CCO)CCO.OCCOCCN(CCO)CCO.OCCOCCN(CCO)CCOCCO.OCCOCCN(CCOCCO)CCOCCO.OCCOCCOCCOCCN(CCOCCOCCOCCO)CCOCCOCCOCCO. The number of rotatable bonds is 92. The predicted octanol–water partition coefficient (Wildman–Crippen LogP) is -18.1. The second-order valence-corrected chi connectivity index (χ2v) is 27.7. The van der Waals surface area contributed by atoms with E-state index in [4.69, 9.17) is 249 Å². The second kappa shape index (κ2) is 134. The van der Waals surface area contributed by atoms with E-state index in [1.54, 1.807) is 0 Å². The maximum atomic E-state index is 8.84. The zero-order valence-corrected chi connectivity index (χ0v) is 83.1. The van der Waals surface area contributed by atoms with E-state index in [9.17, 15) is 0 Å². The number of hydrogen-bond donors (Lipinski definition) is 32. The Bertz CT molecular complexity index is 2140. The minimum atomic E-state index is -2.33. The molecule has 0 atom stereocenters. The molecule has 59 heteroatoms. The van der Waals surface area contributed by atoms with Gasteiger partial charge in [0, 0.05) is 143 Å². The highest BCUT2D eigenvalue weighted by molar-refractivity contribution is 4.82. The summed E-state index contributed by atoms with van der Waals surface area (Å²) in [7, 11) is 0. The lowest BCUT2D eigenvalue weighted by Crippen LogP contribution is -2.49. The molecule has 864 valence electrons. The smallest absolute Gasteiger partial charge is 0.330 e. The summed E-state index contributed by atoms with van der Waals surface area (Å²) in [5.74, 6) is 0.219. The molecule has 1 aliphatic rings. The fourth-order valence-electron chi connectivity index (χ4n) is 9.92. The standard InChI is InChI=1S/C24H51NO12.C12H27NO6.C10H23NO5.C9H15NO4.2C8H19NO4.C5H13NO4.C4H11NO5.C3H9NO6/c26-4-10-32-16-22-35-19-13-29-7-1-25(2-8-30-14-20-36-23-17-33-11-5-27)3-9-31-15-21-37-24-18-34-12-6-28;14-4-10-17-7-1-13(2-8-18-11-5-15)3-9-19-12-6-16;12-4-1-11(2-7-15-9-5-13)3-8-16-10-6-14;11-5-1-9-13-7-3-10(2-6-12)4-8-14-9;2*10-4-1-9(2-5-11)3-7-13-8-6-12;7-3-1-6(2-4-8)5(9)10;6-2-1-5(3(7)8)4(9)10;5-1(6)4(2(7)8)3(9)10/h26-28H,1-24H2;14-16H,1-12H2;12-14H,1-10H2;5,11-12H,2-4,6-8H2;2*10-12H,1-8H2;5,7-10H,1-4H2;3-4,6-10H,1-2H2;1-3,5-10H. The van der Waals surface area contributed by atoms with Crippen LogP contribution in [0.2, 0.25) is 0 Å². The number of nitrogens with zero attached hydrogens (tertiary/aromatic N) is 9. The minimum absolute atomic E-state index is 0.0142. The van der Waals surface area contributed by atoms with Gasteiger partial charge in [0.1, 0.15) is 19.5 Å². The second-order valence-electron chi connectivity index (χ2n) is 27.7. The molecule has 0 bridgehead atoms. The van der Waals surface area contributed by atoms with Gasteiger partial charge >= 0.3 is 5.95 Å². The highest BCUT2D eigenvalue weighted by Gasteiger charge is 2.26. The van der Waals surface area contributed by atoms with E-state index in [0.717, 1.165) is 63.5 Å². The first kappa shape index (κ1) is 154. The van der Waals surface area contributed by atoms with Gasteiger partial charge in [0.2, 0.25) is 38.5 Å². The van der Waals surface area contributed by atoms with Crippen molar-refractivity contribution in [2.24, 2.45) is 0 Å². The average molecular weight is 2110 g/mol. The fourth-order valence-corrected chi connectivity index (χ4v) is 9.92. The van der Waals surface area contributed by atoms with E-state index < -0.39 is 38.5 Å². The molecule has 0 aromatic carbocycles. The van der Waals surface area contributed by atoms with Crippen molar-refractivity contribution in [2.75, 3.05) is 488 Å². The van der Waals surface area contributed by atoms with Gasteiger partial charge in [0.15, 0.2) is 0 Å². The molecular weight excluding hydrogens is 1920 g/mol. The molecule has 0 saturated carbocycles. The van der Waals surface area contributed by atoms with Crippen LogP contribution in [0.5, 0.6) is 0 Å². The number of aliphatic hydroxyl groups is 32. The van der Waals surface area contributed by atoms with Gasteiger partial charge in [-0.25, -0.2) is 4.90 Å². The molecule has 0 aliphatic carbocycles. The third-order valence-corrected chi connectivity index (χ3v) is 16.9. The Morgan fingerprint density at radius 1 is 0.218 bits per heavy atom. The summed E-state index contributed by atoms with van der Waals surface area (Å²) >= 11 is 0. The van der Waals surface area contributed by atoms with Crippen LogP contribution in [-0.2, 0) is 85.3 Å². The maximum Gasteiger partial charge on any atom is 0.330 e. The Balaban J connectivity index is -0.000000248. The Morgan fingerprint density at radius 3 is 0.556 bits per heavy atom. The monoisotopic (exact) mass is 2110 g/mol. The molecule has 32 N–H and O–H groups in total. The quantitative estimate of drug-likeness (QED) is 0.0116. The summed E-state index contributed by atoms with van der Waals surface area (Å²) in [5, 5.41) is 271. The maximum absolute atomic E-state index is 8.84. The molecular formula is C83H187N9O50. The Morgan fingerprint density at radius 2 is 0.401 bits per heavy atom. The normalized spacial score (nSPS) is 12.2. The van der Waals surface area contributed by atoms with Crippen LogP contribution in [0.3, 0.4) is 0 Å². The van der Waals surface area contributed by atoms with E-state index in [1.807, 2.05) is 19.6 Å². The molecule has 1 aliphatic heterocycles. The largest absolute Gasteiger partial charge is 0.507 e. The van der Waals surface area contributed by atoms with Crippen LogP contribution in [0.1, 0.15) is 0 Å². The van der Waals surface area contributed by atoms with Gasteiger partial charge in [-0.15, -0.1) is 0 Å². The van der Waals surface area contributed by atoms with Crippen molar-refractivity contribution in [3.05, 3.63) is 17.9 Å². The number of ether oxygens (including phenoxy) is 18. The van der Waals surface area contributed by atoms with Gasteiger partial charge in [-0.2, -0.15) is 4.90 Å². The Labute approximate surface area is 834 Å². The van der Waals surface area contributed by atoms with Crippen molar-refractivity contribution in [1.82, 2.24) is 44.1 Å². The lowest BCUT2D eigenvalue weighted by molar-refractivity contribution is -0.346. The van der Waals surface area contributed by atoms with Crippen molar-refractivity contribution in [2.45, 2.75) is 38.5 Å². The van der Waals surface area contributed by atoms with Crippen LogP contribution in [0.15, 0.2) is 17.9 Å². The van der Waals surface area contributed by atoms with Crippen LogP contribution in [-0.4, -0.2) is 734 Å². The molecule has 1 saturated heterocycles. The molecule has 142 heavy (non-hydrogen) atoms. The third kappa shape index (κ3) is 127. The highest BCUT2D eigenvalue weighted by Crippen LogP contribution is 2.05. The zero-order valence-electron chi connectivity index (χ0n) is 83.1. The molecule has 1 fully saturated rings. The first-order valence-corrected chi connectivity index (χ1v) is 46.8. The van der Waals surface area contributed by atoms with Crippen molar-refractivity contribution in [3.63, 3.8) is 0 Å². The molecule has 0 spiro atoms. The minimum Gasteiger partial charge on any atom is -0.507 e. The summed E-state index contributed by atoms with van der Waals surface area (Å²) < 4.78 is 95.0. The van der Waals surface area contributed by atoms with Crippen LogP contribution >= 0.6 is 0 Å². The van der Waals surface area contributed by atoms with Gasteiger partial charge in [-0.1, -0.05) is 0 Å². The lowest BCUT2D eigenvalue weighted by Gasteiger charge is -2.26. The molecule has 0 amide bonds. The Kier molecular flexibility index (Phi) is 145. The van der Waals surface area contributed by atoms with Gasteiger partial charge in [0.05, 0.1) is 337 Å². The Hall–Kier alpha value is -3.32. The molecule has 0 aromatic rings. The van der Waals surface area contributed by atoms with E-state index in [2.05, 4.69) is 15.5 Å². The topological polar surface area (TPSA) is 843 Å². The van der Waals surface area contributed by atoms with Crippen molar-refractivity contribution >= 4 is 0 Å². The molecule has 0 aromatic heterocycles. The van der Waals surface area contributed by atoms with Crippen molar-refractivity contribution in [1.29, 1.82) is 0 Å².